The lowest BCUT2D eigenvalue weighted by molar-refractivity contribution is 0.894. The van der Waals surface area contributed by atoms with E-state index in [4.69, 9.17) is 11.6 Å². The van der Waals surface area contributed by atoms with Crippen molar-refractivity contribution in [3.63, 3.8) is 0 Å². The van der Waals surface area contributed by atoms with E-state index >= 15 is 0 Å². The van der Waals surface area contributed by atoms with E-state index in [2.05, 4.69) is 18.4 Å². The summed E-state index contributed by atoms with van der Waals surface area (Å²) < 4.78 is 0. The average molecular weight is 267 g/mol. The molecular formula is C18H15Cl. The maximum absolute atomic E-state index is 5.91. The molecule has 0 amide bonds. The molecule has 0 spiro atoms. The van der Waals surface area contributed by atoms with Crippen molar-refractivity contribution >= 4 is 11.6 Å². The van der Waals surface area contributed by atoms with E-state index in [1.54, 1.807) is 0 Å². The molecule has 94 valence electrons. The number of halogens is 1. The smallest absolute Gasteiger partial charge is 0.0490 e. The Hall–Kier alpha value is -1.97. The van der Waals surface area contributed by atoms with Gasteiger partial charge in [0.15, 0.2) is 0 Å². The molecule has 0 saturated heterocycles. The van der Waals surface area contributed by atoms with Gasteiger partial charge in [-0.3, -0.25) is 0 Å². The van der Waals surface area contributed by atoms with Crippen LogP contribution in [0, 0.1) is 11.8 Å². The summed E-state index contributed by atoms with van der Waals surface area (Å²) >= 11 is 5.91. The number of benzene rings is 2. The molecule has 0 aliphatic carbocycles. The van der Waals surface area contributed by atoms with Crippen LogP contribution in [0.4, 0.5) is 0 Å². The second-order valence-electron chi connectivity index (χ2n) is 4.26. The first kappa shape index (κ1) is 13.5. The molecule has 0 aliphatic rings. The van der Waals surface area contributed by atoms with Crippen LogP contribution in [-0.2, 0) is 0 Å². The normalized spacial score (nSPS) is 11.2. The van der Waals surface area contributed by atoms with Gasteiger partial charge in [0.05, 0.1) is 0 Å². The topological polar surface area (TPSA) is 0 Å². The Morgan fingerprint density at radius 2 is 1.74 bits per heavy atom. The molecule has 0 heterocycles. The molecule has 0 nitrogen and oxygen atoms in total. The largest absolute Gasteiger partial charge is 0.103 e. The Balaban J connectivity index is 2.24. The predicted octanol–water partition coefficient (Wildman–Crippen LogP) is 5.05. The van der Waals surface area contributed by atoms with E-state index in [0.29, 0.717) is 0 Å². The second kappa shape index (κ2) is 6.83. The monoisotopic (exact) mass is 266 g/mol. The van der Waals surface area contributed by atoms with Gasteiger partial charge in [-0.15, -0.1) is 6.58 Å². The predicted molar refractivity (Wildman–Crippen MR) is 82.3 cm³/mol. The van der Waals surface area contributed by atoms with Crippen LogP contribution < -0.4 is 0 Å². The maximum Gasteiger partial charge on any atom is 0.0490 e. The third kappa shape index (κ3) is 4.02. The zero-order valence-electron chi connectivity index (χ0n) is 10.6. The van der Waals surface area contributed by atoms with Crippen LogP contribution >= 0.6 is 11.6 Å². The molecule has 0 saturated carbocycles. The fourth-order valence-electron chi connectivity index (χ4n) is 1.83. The van der Waals surface area contributed by atoms with Gasteiger partial charge in [-0.2, -0.15) is 0 Å². The van der Waals surface area contributed by atoms with Crippen LogP contribution in [0.1, 0.15) is 23.5 Å². The minimum Gasteiger partial charge on any atom is -0.103 e. The highest BCUT2D eigenvalue weighted by atomic mass is 35.5. The number of hydrogen-bond acceptors (Lipinski definition) is 0. The van der Waals surface area contributed by atoms with Crippen LogP contribution in [-0.4, -0.2) is 0 Å². The highest BCUT2D eigenvalue weighted by molar-refractivity contribution is 6.30. The van der Waals surface area contributed by atoms with E-state index in [9.17, 15) is 0 Å². The summed E-state index contributed by atoms with van der Waals surface area (Å²) in [5.41, 5.74) is 2.21. The molecule has 1 heteroatoms. The van der Waals surface area contributed by atoms with Crippen molar-refractivity contribution in [3.8, 4) is 11.8 Å². The van der Waals surface area contributed by atoms with E-state index in [-0.39, 0.29) is 5.92 Å². The van der Waals surface area contributed by atoms with Gasteiger partial charge in [-0.25, -0.2) is 0 Å². The fraction of sp³-hybridized carbons (Fsp3) is 0.111. The Morgan fingerprint density at radius 1 is 1.05 bits per heavy atom. The molecule has 0 N–H and O–H groups in total. The maximum atomic E-state index is 5.91. The molecule has 1 atom stereocenters. The van der Waals surface area contributed by atoms with Crippen molar-refractivity contribution in [1.29, 1.82) is 0 Å². The standard InChI is InChI=1S/C18H15Cl/c1-2-6-16(17-11-13-18(19)14-12-17)10-9-15-7-4-3-5-8-15/h2-5,7-8,11-14,16H,1,6H2. The molecule has 19 heavy (non-hydrogen) atoms. The van der Waals surface area contributed by atoms with Crippen molar-refractivity contribution in [2.45, 2.75) is 12.3 Å². The van der Waals surface area contributed by atoms with Gasteiger partial charge < -0.3 is 0 Å². The van der Waals surface area contributed by atoms with Gasteiger partial charge in [0, 0.05) is 16.5 Å². The van der Waals surface area contributed by atoms with Crippen LogP contribution in [0.5, 0.6) is 0 Å². The van der Waals surface area contributed by atoms with Gasteiger partial charge in [-0.05, 0) is 36.2 Å². The summed E-state index contributed by atoms with van der Waals surface area (Å²) in [7, 11) is 0. The average Bonchev–Trinajstić information content (AvgIpc) is 2.46. The van der Waals surface area contributed by atoms with E-state index in [1.165, 1.54) is 5.56 Å². The van der Waals surface area contributed by atoms with E-state index in [1.807, 2.05) is 60.7 Å². The minimum absolute atomic E-state index is 0.162. The van der Waals surface area contributed by atoms with Gasteiger partial charge in [0.25, 0.3) is 0 Å². The van der Waals surface area contributed by atoms with Gasteiger partial charge in [0.1, 0.15) is 0 Å². The van der Waals surface area contributed by atoms with Gasteiger partial charge >= 0.3 is 0 Å². The SMILES string of the molecule is C=CCC(C#Cc1ccccc1)c1ccc(Cl)cc1. The molecule has 0 radical (unpaired) electrons. The second-order valence-corrected chi connectivity index (χ2v) is 4.70. The third-order valence-electron chi connectivity index (χ3n) is 2.84. The first-order chi connectivity index (χ1) is 9.29. The van der Waals surface area contributed by atoms with Crippen molar-refractivity contribution in [2.24, 2.45) is 0 Å². The van der Waals surface area contributed by atoms with E-state index < -0.39 is 0 Å². The summed E-state index contributed by atoms with van der Waals surface area (Å²) in [4.78, 5) is 0. The number of allylic oxidation sites excluding steroid dienone is 1. The molecule has 0 fully saturated rings. The summed E-state index contributed by atoms with van der Waals surface area (Å²) in [6, 6.07) is 17.9. The Kier molecular flexibility index (Phi) is 4.84. The lowest BCUT2D eigenvalue weighted by Crippen LogP contribution is -1.94. The molecule has 1 unspecified atom stereocenters. The van der Waals surface area contributed by atoms with Crippen LogP contribution in [0.2, 0.25) is 5.02 Å². The van der Waals surface area contributed by atoms with E-state index in [0.717, 1.165) is 17.0 Å². The summed E-state index contributed by atoms with van der Waals surface area (Å²) in [5, 5.41) is 0.747. The van der Waals surface area contributed by atoms with Crippen molar-refractivity contribution < 1.29 is 0 Å². The fourth-order valence-corrected chi connectivity index (χ4v) is 1.96. The molecule has 2 aromatic carbocycles. The molecule has 2 aromatic rings. The molecule has 0 aromatic heterocycles. The summed E-state index contributed by atoms with van der Waals surface area (Å²) in [6.07, 6.45) is 2.74. The van der Waals surface area contributed by atoms with Gasteiger partial charge in [0.2, 0.25) is 0 Å². The third-order valence-corrected chi connectivity index (χ3v) is 3.09. The lowest BCUT2D eigenvalue weighted by Gasteiger charge is -2.08. The Labute approximate surface area is 119 Å². The van der Waals surface area contributed by atoms with Crippen LogP contribution in [0.3, 0.4) is 0 Å². The van der Waals surface area contributed by atoms with Crippen LogP contribution in [0.25, 0.3) is 0 Å². The molecule has 0 bridgehead atoms. The van der Waals surface area contributed by atoms with Crippen LogP contribution in [0.15, 0.2) is 67.3 Å². The number of hydrogen-bond donors (Lipinski definition) is 0. The van der Waals surface area contributed by atoms with Crippen molar-refractivity contribution in [2.75, 3.05) is 0 Å². The minimum atomic E-state index is 0.162. The molecular weight excluding hydrogens is 252 g/mol. The molecule has 0 aliphatic heterocycles. The van der Waals surface area contributed by atoms with Gasteiger partial charge in [-0.1, -0.05) is 59.8 Å². The zero-order valence-corrected chi connectivity index (χ0v) is 11.4. The Bertz CT molecular complexity index is 585. The Morgan fingerprint density at radius 3 is 2.37 bits per heavy atom. The lowest BCUT2D eigenvalue weighted by atomic mass is 9.96. The first-order valence-electron chi connectivity index (χ1n) is 6.22. The summed E-state index contributed by atoms with van der Waals surface area (Å²) in [6.45, 7) is 3.80. The quantitative estimate of drug-likeness (QED) is 0.539. The van der Waals surface area contributed by atoms with Crippen molar-refractivity contribution in [1.82, 2.24) is 0 Å². The first-order valence-corrected chi connectivity index (χ1v) is 6.60. The zero-order chi connectivity index (χ0) is 13.5. The van der Waals surface area contributed by atoms with Crippen molar-refractivity contribution in [3.05, 3.63) is 83.4 Å². The number of rotatable bonds is 3. The highest BCUT2D eigenvalue weighted by Gasteiger charge is 2.06. The molecule has 2 rings (SSSR count). The summed E-state index contributed by atoms with van der Waals surface area (Å²) in [5.74, 6) is 6.68. The highest BCUT2D eigenvalue weighted by Crippen LogP contribution is 2.21.